The number of carbonyl (C=O) groups is 2. The molecule has 49 heavy (non-hydrogen) atoms. The number of aryl methyl sites for hydroxylation is 1. The Labute approximate surface area is 291 Å². The Balaban J connectivity index is 1.25. The number of hydrogen-bond acceptors (Lipinski definition) is 7. The van der Waals surface area contributed by atoms with Gasteiger partial charge in [-0.15, -0.1) is 0 Å². The van der Waals surface area contributed by atoms with E-state index in [4.69, 9.17) is 4.74 Å². The van der Waals surface area contributed by atoms with Crippen LogP contribution in [0.4, 0.5) is 0 Å². The molecule has 12 heteroatoms. The van der Waals surface area contributed by atoms with Crippen LogP contribution >= 0.6 is 15.9 Å². The highest BCUT2D eigenvalue weighted by atomic mass is 79.9. The average Bonchev–Trinajstić information content (AvgIpc) is 3.90. The number of hydrogen-bond donors (Lipinski definition) is 2. The SMILES string of the molecule is Cc1cc(C(=O)N2Cc3c(C(=O)NCc4ccccc4-c4ccnc(CO)n4)n(-c4ccc(OC5CC5)cc4)c(=O)n3CC2C)ccc1Br. The smallest absolute Gasteiger partial charge is 0.333 e. The summed E-state index contributed by atoms with van der Waals surface area (Å²) in [6.07, 6.45) is 3.85. The molecule has 0 radical (unpaired) electrons. The lowest BCUT2D eigenvalue weighted by Crippen LogP contribution is -2.47. The van der Waals surface area contributed by atoms with E-state index in [9.17, 15) is 19.5 Å². The zero-order chi connectivity index (χ0) is 34.2. The molecule has 11 nitrogen and oxygen atoms in total. The quantitative estimate of drug-likeness (QED) is 0.215. The number of amides is 2. The maximum atomic E-state index is 14.3. The summed E-state index contributed by atoms with van der Waals surface area (Å²) in [5, 5.41) is 12.6. The Morgan fingerprint density at radius 2 is 1.84 bits per heavy atom. The average molecular weight is 724 g/mol. The minimum atomic E-state index is -0.459. The molecule has 1 atom stereocenters. The van der Waals surface area contributed by atoms with E-state index >= 15 is 0 Å². The number of imidazole rings is 1. The number of rotatable bonds is 9. The van der Waals surface area contributed by atoms with Crippen molar-refractivity contribution in [3.05, 3.63) is 128 Å². The minimum absolute atomic E-state index is 0.0738. The first-order chi connectivity index (χ1) is 23.7. The first kappa shape index (κ1) is 32.5. The lowest BCUT2D eigenvalue weighted by molar-refractivity contribution is 0.0610. The van der Waals surface area contributed by atoms with Crippen LogP contribution in [-0.4, -0.2) is 53.1 Å². The van der Waals surface area contributed by atoms with Crippen LogP contribution in [0, 0.1) is 6.92 Å². The zero-order valence-electron chi connectivity index (χ0n) is 27.1. The van der Waals surface area contributed by atoms with Crippen LogP contribution in [0.25, 0.3) is 16.9 Å². The third-order valence-electron chi connectivity index (χ3n) is 8.93. The van der Waals surface area contributed by atoms with Gasteiger partial charge in [0.15, 0.2) is 5.82 Å². The number of benzene rings is 3. The van der Waals surface area contributed by atoms with Gasteiger partial charge in [0.25, 0.3) is 11.8 Å². The number of aromatic nitrogens is 4. The predicted molar refractivity (Wildman–Crippen MR) is 186 cm³/mol. The maximum absolute atomic E-state index is 14.3. The predicted octanol–water partition coefficient (Wildman–Crippen LogP) is 5.17. The Kier molecular flexibility index (Phi) is 8.91. The molecule has 250 valence electrons. The van der Waals surface area contributed by atoms with E-state index in [1.165, 1.54) is 4.57 Å². The Bertz CT molecular complexity index is 2120. The number of fused-ring (bicyclic) bond motifs is 1. The summed E-state index contributed by atoms with van der Waals surface area (Å²) in [6.45, 7) is 3.98. The molecule has 0 spiro atoms. The molecule has 2 N–H and O–H groups in total. The fourth-order valence-electron chi connectivity index (χ4n) is 6.17. The second-order valence-electron chi connectivity index (χ2n) is 12.4. The fourth-order valence-corrected chi connectivity index (χ4v) is 6.41. The largest absolute Gasteiger partial charge is 0.490 e. The van der Waals surface area contributed by atoms with Crippen molar-refractivity contribution >= 4 is 27.7 Å². The molecule has 7 rings (SSSR count). The minimum Gasteiger partial charge on any atom is -0.490 e. The summed E-state index contributed by atoms with van der Waals surface area (Å²) in [7, 11) is 0. The standard InChI is InChI=1S/C37H35BrN6O5/c1-22-17-24(7-14-30(22)38)36(47)42-20-32-34(35(46)40-18-25-5-3-4-6-29(25)31-15-16-39-33(21-45)41-31)44(37(48)43(32)19-23(42)2)26-8-10-27(11-9-26)49-28-12-13-28/h3-11,14-17,23,28,45H,12-13,18-21H2,1-2H3,(H,40,46). The van der Waals surface area contributed by atoms with Crippen molar-refractivity contribution in [2.45, 2.75) is 65.1 Å². The highest BCUT2D eigenvalue weighted by molar-refractivity contribution is 9.10. The molecule has 5 aromatic rings. The molecule has 2 amide bonds. The van der Waals surface area contributed by atoms with E-state index in [0.29, 0.717) is 34.2 Å². The molecule has 2 aliphatic rings. The monoisotopic (exact) mass is 722 g/mol. The van der Waals surface area contributed by atoms with Crippen molar-refractivity contribution in [1.29, 1.82) is 0 Å². The van der Waals surface area contributed by atoms with Crippen LogP contribution in [0.5, 0.6) is 5.75 Å². The second kappa shape index (κ2) is 13.4. The topological polar surface area (TPSA) is 132 Å². The molecule has 1 aliphatic heterocycles. The summed E-state index contributed by atoms with van der Waals surface area (Å²) in [4.78, 5) is 52.5. The Morgan fingerprint density at radius 1 is 1.06 bits per heavy atom. The van der Waals surface area contributed by atoms with Crippen LogP contribution in [-0.2, 0) is 26.2 Å². The van der Waals surface area contributed by atoms with Gasteiger partial charge in [-0.1, -0.05) is 40.2 Å². The van der Waals surface area contributed by atoms with Crippen LogP contribution in [0.3, 0.4) is 0 Å². The van der Waals surface area contributed by atoms with E-state index in [1.807, 2.05) is 62.4 Å². The van der Waals surface area contributed by atoms with Gasteiger partial charge in [-0.3, -0.25) is 18.7 Å². The Morgan fingerprint density at radius 3 is 2.57 bits per heavy atom. The van der Waals surface area contributed by atoms with Crippen LogP contribution in [0.1, 0.15) is 63.3 Å². The number of halogens is 1. The number of aliphatic hydroxyl groups excluding tert-OH is 1. The van der Waals surface area contributed by atoms with E-state index < -0.39 is 5.91 Å². The molecule has 3 aromatic carbocycles. The van der Waals surface area contributed by atoms with E-state index in [-0.39, 0.29) is 55.7 Å². The molecule has 1 saturated carbocycles. The van der Waals surface area contributed by atoms with Gasteiger partial charge in [-0.25, -0.2) is 14.8 Å². The van der Waals surface area contributed by atoms with Gasteiger partial charge in [0, 0.05) is 40.9 Å². The first-order valence-corrected chi connectivity index (χ1v) is 17.0. The van der Waals surface area contributed by atoms with E-state index in [1.54, 1.807) is 39.9 Å². The summed E-state index contributed by atoms with van der Waals surface area (Å²) in [6, 6.07) is 21.6. The molecule has 3 heterocycles. The molecule has 1 aliphatic carbocycles. The number of aliphatic hydroxyl groups is 1. The lowest BCUT2D eigenvalue weighted by Gasteiger charge is -2.34. The summed E-state index contributed by atoms with van der Waals surface area (Å²) < 4.78 is 9.87. The van der Waals surface area contributed by atoms with Crippen molar-refractivity contribution < 1.29 is 19.4 Å². The van der Waals surface area contributed by atoms with Crippen LogP contribution < -0.4 is 15.7 Å². The molecule has 0 bridgehead atoms. The molecule has 1 fully saturated rings. The molecule has 2 aromatic heterocycles. The zero-order valence-corrected chi connectivity index (χ0v) is 28.7. The van der Waals surface area contributed by atoms with Gasteiger partial charge >= 0.3 is 5.69 Å². The lowest BCUT2D eigenvalue weighted by atomic mass is 10.0. The van der Waals surface area contributed by atoms with Crippen LogP contribution in [0.2, 0.25) is 0 Å². The van der Waals surface area contributed by atoms with Gasteiger partial charge in [0.2, 0.25) is 0 Å². The van der Waals surface area contributed by atoms with Gasteiger partial charge in [0.1, 0.15) is 18.1 Å². The highest BCUT2D eigenvalue weighted by Gasteiger charge is 2.35. The molecular weight excluding hydrogens is 688 g/mol. The normalized spacial score (nSPS) is 15.5. The van der Waals surface area contributed by atoms with E-state index in [0.717, 1.165) is 34.0 Å². The summed E-state index contributed by atoms with van der Waals surface area (Å²) in [5.74, 6) is 0.360. The van der Waals surface area contributed by atoms with E-state index in [2.05, 4.69) is 31.2 Å². The van der Waals surface area contributed by atoms with Crippen molar-refractivity contribution in [1.82, 2.24) is 29.3 Å². The van der Waals surface area contributed by atoms with Crippen molar-refractivity contribution in [2.75, 3.05) is 0 Å². The van der Waals surface area contributed by atoms with Crippen molar-refractivity contribution in [3.8, 4) is 22.7 Å². The van der Waals surface area contributed by atoms with Gasteiger partial charge < -0.3 is 20.1 Å². The number of carbonyl (C=O) groups excluding carboxylic acids is 2. The third kappa shape index (κ3) is 6.53. The van der Waals surface area contributed by atoms with Gasteiger partial charge in [-0.2, -0.15) is 0 Å². The third-order valence-corrected chi connectivity index (χ3v) is 9.82. The number of nitrogens with one attached hydrogen (secondary N) is 1. The van der Waals surface area contributed by atoms with Crippen LogP contribution in [0.15, 0.2) is 88.3 Å². The number of nitrogens with zero attached hydrogens (tertiary/aromatic N) is 5. The van der Waals surface area contributed by atoms with Gasteiger partial charge in [-0.05, 0) is 86.3 Å². The summed E-state index contributed by atoms with van der Waals surface area (Å²) in [5.41, 5.74) is 4.43. The molecule has 1 unspecified atom stereocenters. The van der Waals surface area contributed by atoms with Crippen molar-refractivity contribution in [3.63, 3.8) is 0 Å². The highest BCUT2D eigenvalue weighted by Crippen LogP contribution is 2.29. The molecular formula is C37H35BrN6O5. The number of ether oxygens (including phenoxy) is 1. The Hall–Kier alpha value is -5.07. The first-order valence-electron chi connectivity index (χ1n) is 16.2. The fraction of sp³-hybridized carbons (Fsp3) is 0.270. The molecule has 0 saturated heterocycles. The second-order valence-corrected chi connectivity index (χ2v) is 13.3. The van der Waals surface area contributed by atoms with Crippen molar-refractivity contribution in [2.24, 2.45) is 0 Å². The maximum Gasteiger partial charge on any atom is 0.333 e. The van der Waals surface area contributed by atoms with Gasteiger partial charge in [0.05, 0.1) is 29.7 Å². The summed E-state index contributed by atoms with van der Waals surface area (Å²) >= 11 is 3.51.